The molecule has 2 aromatic rings. The second-order valence-corrected chi connectivity index (χ2v) is 8.51. The number of morpholine rings is 1. The van der Waals surface area contributed by atoms with Gasteiger partial charge in [-0.15, -0.1) is 11.8 Å². The molecule has 0 bridgehead atoms. The predicted octanol–water partition coefficient (Wildman–Crippen LogP) is 2.90. The molecule has 0 saturated carbocycles. The van der Waals surface area contributed by atoms with Gasteiger partial charge in [0.1, 0.15) is 5.76 Å². The molecule has 2 amide bonds. The van der Waals surface area contributed by atoms with E-state index in [0.29, 0.717) is 11.6 Å². The number of amides is 2. The molecule has 0 spiro atoms. The van der Waals surface area contributed by atoms with Crippen molar-refractivity contribution >= 4 is 35.1 Å². The Hall–Kier alpha value is -2.36. The summed E-state index contributed by atoms with van der Waals surface area (Å²) in [6, 6.07) is 9.46. The predicted molar refractivity (Wildman–Crippen MR) is 118 cm³/mol. The molecule has 9 heteroatoms. The highest BCUT2D eigenvalue weighted by atomic mass is 32.2. The van der Waals surface area contributed by atoms with E-state index in [1.54, 1.807) is 13.0 Å². The molecule has 1 aromatic heterocycles. The normalized spacial score (nSPS) is 19.4. The van der Waals surface area contributed by atoms with E-state index in [0.717, 1.165) is 30.9 Å². The number of anilines is 2. The van der Waals surface area contributed by atoms with Crippen LogP contribution in [0.15, 0.2) is 34.9 Å². The Kier molecular flexibility index (Phi) is 7.89. The standard InChI is InChI=1S/C21H28N4O4S/c1-14-8-19(24-29-14)23-21(27)13-30-12-20(26)22-18-7-5-4-6-17(18)11-25-9-15(2)28-16(3)10-25/h4-8,15-16H,9-13H2,1-3H3,(H,22,26)(H,23,24,27). The van der Waals surface area contributed by atoms with Crippen LogP contribution in [0.25, 0.3) is 0 Å². The Balaban J connectivity index is 1.46. The lowest BCUT2D eigenvalue weighted by atomic mass is 10.1. The molecule has 1 aliphatic rings. The number of nitrogens with one attached hydrogen (secondary N) is 2. The van der Waals surface area contributed by atoms with Crippen LogP contribution >= 0.6 is 11.8 Å². The zero-order valence-corrected chi connectivity index (χ0v) is 18.3. The van der Waals surface area contributed by atoms with Gasteiger partial charge >= 0.3 is 0 Å². The van der Waals surface area contributed by atoms with Crippen LogP contribution in [0.1, 0.15) is 25.2 Å². The number of carbonyl (C=O) groups excluding carboxylic acids is 2. The monoisotopic (exact) mass is 432 g/mol. The number of aryl methyl sites for hydroxylation is 1. The van der Waals surface area contributed by atoms with E-state index >= 15 is 0 Å². The van der Waals surface area contributed by atoms with Crippen molar-refractivity contribution in [2.75, 3.05) is 35.2 Å². The molecule has 2 atom stereocenters. The first-order valence-electron chi connectivity index (χ1n) is 9.95. The van der Waals surface area contributed by atoms with Gasteiger partial charge in [-0.2, -0.15) is 0 Å². The smallest absolute Gasteiger partial charge is 0.235 e. The number of para-hydroxylation sites is 1. The number of ether oxygens (including phenoxy) is 1. The maximum absolute atomic E-state index is 12.4. The number of aromatic nitrogens is 1. The topological polar surface area (TPSA) is 96.7 Å². The summed E-state index contributed by atoms with van der Waals surface area (Å²) in [6.45, 7) is 8.38. The minimum absolute atomic E-state index is 0.138. The van der Waals surface area contributed by atoms with Gasteiger partial charge in [0.15, 0.2) is 5.82 Å². The maximum atomic E-state index is 12.4. The van der Waals surface area contributed by atoms with Crippen molar-refractivity contribution in [3.63, 3.8) is 0 Å². The number of carbonyl (C=O) groups is 2. The quantitative estimate of drug-likeness (QED) is 0.662. The molecule has 1 aromatic carbocycles. The van der Waals surface area contributed by atoms with Crippen molar-refractivity contribution in [2.24, 2.45) is 0 Å². The van der Waals surface area contributed by atoms with Gasteiger partial charge in [-0.05, 0) is 32.4 Å². The third-order valence-corrected chi connectivity index (χ3v) is 5.48. The summed E-state index contributed by atoms with van der Waals surface area (Å²) in [5.74, 6) is 0.981. The van der Waals surface area contributed by atoms with E-state index in [1.165, 1.54) is 11.8 Å². The van der Waals surface area contributed by atoms with Crippen molar-refractivity contribution in [2.45, 2.75) is 39.5 Å². The molecular formula is C21H28N4O4S. The van der Waals surface area contributed by atoms with Gasteiger partial charge in [0, 0.05) is 31.4 Å². The van der Waals surface area contributed by atoms with Gasteiger partial charge < -0.3 is 19.9 Å². The fourth-order valence-electron chi connectivity index (χ4n) is 3.46. The van der Waals surface area contributed by atoms with Crippen LogP contribution in [0.5, 0.6) is 0 Å². The highest BCUT2D eigenvalue weighted by Crippen LogP contribution is 2.20. The average Bonchev–Trinajstić information content (AvgIpc) is 3.07. The number of thioether (sulfide) groups is 1. The van der Waals surface area contributed by atoms with E-state index in [-0.39, 0.29) is 35.5 Å². The summed E-state index contributed by atoms with van der Waals surface area (Å²) >= 11 is 1.25. The lowest BCUT2D eigenvalue weighted by molar-refractivity contribution is -0.114. The number of rotatable bonds is 8. The molecule has 8 nitrogen and oxygen atoms in total. The van der Waals surface area contributed by atoms with Gasteiger partial charge in [0.05, 0.1) is 23.7 Å². The molecule has 1 saturated heterocycles. The summed E-state index contributed by atoms with van der Waals surface area (Å²) < 4.78 is 10.7. The molecule has 2 unspecified atom stereocenters. The second kappa shape index (κ2) is 10.6. The van der Waals surface area contributed by atoms with Gasteiger partial charge in [-0.25, -0.2) is 0 Å². The van der Waals surface area contributed by atoms with Crippen LogP contribution in [0, 0.1) is 6.92 Å². The van der Waals surface area contributed by atoms with E-state index in [2.05, 4.69) is 34.5 Å². The maximum Gasteiger partial charge on any atom is 0.235 e. The lowest BCUT2D eigenvalue weighted by Gasteiger charge is -2.35. The molecule has 1 fully saturated rings. The van der Waals surface area contributed by atoms with Crippen LogP contribution in [0.3, 0.4) is 0 Å². The molecule has 0 aliphatic carbocycles. The summed E-state index contributed by atoms with van der Waals surface area (Å²) in [5.41, 5.74) is 1.87. The molecule has 0 radical (unpaired) electrons. The third-order valence-electron chi connectivity index (χ3n) is 4.54. The lowest BCUT2D eigenvalue weighted by Crippen LogP contribution is -2.44. The Morgan fingerprint density at radius 1 is 1.13 bits per heavy atom. The van der Waals surface area contributed by atoms with E-state index in [9.17, 15) is 9.59 Å². The highest BCUT2D eigenvalue weighted by molar-refractivity contribution is 8.00. The Bertz CT molecular complexity index is 862. The van der Waals surface area contributed by atoms with Crippen LogP contribution < -0.4 is 10.6 Å². The fourth-order valence-corrected chi connectivity index (χ4v) is 4.08. The first-order chi connectivity index (χ1) is 14.4. The van der Waals surface area contributed by atoms with Crippen LogP contribution in [-0.4, -0.2) is 58.7 Å². The Morgan fingerprint density at radius 2 is 1.80 bits per heavy atom. The molecule has 3 rings (SSSR count). The second-order valence-electron chi connectivity index (χ2n) is 7.52. The molecule has 2 N–H and O–H groups in total. The first kappa shape index (κ1) is 22.3. The number of nitrogens with zero attached hydrogens (tertiary/aromatic N) is 2. The fraction of sp³-hybridized carbons (Fsp3) is 0.476. The molecular weight excluding hydrogens is 404 g/mol. The largest absolute Gasteiger partial charge is 0.373 e. The van der Waals surface area contributed by atoms with E-state index < -0.39 is 0 Å². The van der Waals surface area contributed by atoms with Crippen LogP contribution in [0.2, 0.25) is 0 Å². The van der Waals surface area contributed by atoms with Crippen molar-refractivity contribution in [1.29, 1.82) is 0 Å². The van der Waals surface area contributed by atoms with Crippen LogP contribution in [0.4, 0.5) is 11.5 Å². The summed E-state index contributed by atoms with van der Waals surface area (Å²) in [5, 5.41) is 9.32. The summed E-state index contributed by atoms with van der Waals surface area (Å²) in [4.78, 5) is 26.7. The Labute approximate surface area is 180 Å². The minimum atomic E-state index is -0.225. The average molecular weight is 433 g/mol. The van der Waals surface area contributed by atoms with Gasteiger partial charge in [-0.3, -0.25) is 14.5 Å². The molecule has 30 heavy (non-hydrogen) atoms. The van der Waals surface area contributed by atoms with Crippen molar-refractivity contribution in [1.82, 2.24) is 10.1 Å². The summed E-state index contributed by atoms with van der Waals surface area (Å²) in [6.07, 6.45) is 0.387. The van der Waals surface area contributed by atoms with Crippen molar-refractivity contribution in [3.8, 4) is 0 Å². The SMILES string of the molecule is Cc1cc(NC(=O)CSCC(=O)Nc2ccccc2CN2CC(C)OC(C)C2)no1. The summed E-state index contributed by atoms with van der Waals surface area (Å²) in [7, 11) is 0. The number of benzene rings is 1. The van der Waals surface area contributed by atoms with E-state index in [4.69, 9.17) is 9.26 Å². The molecule has 1 aliphatic heterocycles. The van der Waals surface area contributed by atoms with Crippen molar-refractivity contribution < 1.29 is 18.8 Å². The minimum Gasteiger partial charge on any atom is -0.373 e. The first-order valence-corrected chi connectivity index (χ1v) is 11.1. The molecule has 162 valence electrons. The van der Waals surface area contributed by atoms with Gasteiger partial charge in [-0.1, -0.05) is 23.4 Å². The molecule has 2 heterocycles. The third kappa shape index (κ3) is 6.86. The van der Waals surface area contributed by atoms with Crippen LogP contribution in [-0.2, 0) is 20.9 Å². The number of hydrogen-bond donors (Lipinski definition) is 2. The van der Waals surface area contributed by atoms with E-state index in [1.807, 2.05) is 24.3 Å². The van der Waals surface area contributed by atoms with Crippen molar-refractivity contribution in [3.05, 3.63) is 41.7 Å². The zero-order chi connectivity index (χ0) is 21.5. The Morgan fingerprint density at radius 3 is 2.47 bits per heavy atom. The van der Waals surface area contributed by atoms with Gasteiger partial charge in [0.2, 0.25) is 11.8 Å². The number of hydrogen-bond acceptors (Lipinski definition) is 7. The zero-order valence-electron chi connectivity index (χ0n) is 17.5. The highest BCUT2D eigenvalue weighted by Gasteiger charge is 2.22. The van der Waals surface area contributed by atoms with Gasteiger partial charge in [0.25, 0.3) is 0 Å².